The number of hydrogen-bond donors (Lipinski definition) is 0. The lowest BCUT2D eigenvalue weighted by molar-refractivity contribution is 0.267. The van der Waals surface area contributed by atoms with E-state index in [0.29, 0.717) is 32.7 Å². The number of benzene rings is 2. The molecule has 4 rings (SSSR count). The highest BCUT2D eigenvalue weighted by atomic mass is 79.9. The maximum Gasteiger partial charge on any atom is 0.270 e. The van der Waals surface area contributed by atoms with Crippen LogP contribution < -0.4 is 24.4 Å². The third-order valence-electron chi connectivity index (χ3n) is 4.69. The van der Waals surface area contributed by atoms with Crippen molar-refractivity contribution in [2.45, 2.75) is 26.5 Å². The molecule has 31 heavy (non-hydrogen) atoms. The van der Waals surface area contributed by atoms with Crippen molar-refractivity contribution in [1.29, 1.82) is 0 Å². The van der Waals surface area contributed by atoms with Crippen molar-refractivity contribution in [3.8, 4) is 11.5 Å². The summed E-state index contributed by atoms with van der Waals surface area (Å²) in [7, 11) is 0. The zero-order valence-corrected chi connectivity index (χ0v) is 20.6. The summed E-state index contributed by atoms with van der Waals surface area (Å²) < 4.78 is 15.0. The summed E-state index contributed by atoms with van der Waals surface area (Å²) in [6.07, 6.45) is 2.76. The minimum atomic E-state index is -0.00441. The van der Waals surface area contributed by atoms with Gasteiger partial charge >= 0.3 is 0 Å². The van der Waals surface area contributed by atoms with E-state index in [0.717, 1.165) is 39.9 Å². The smallest absolute Gasteiger partial charge is 0.270 e. The number of hydrogen-bond acceptors (Lipinski definition) is 5. The number of nitrogens with zero attached hydrogens (tertiary/aromatic N) is 2. The quantitative estimate of drug-likeness (QED) is 0.450. The van der Waals surface area contributed by atoms with E-state index in [4.69, 9.17) is 32.7 Å². The van der Waals surface area contributed by atoms with Crippen molar-refractivity contribution in [2.24, 2.45) is 4.99 Å². The number of fused-ring (bicyclic) bond motifs is 1. The van der Waals surface area contributed by atoms with E-state index in [9.17, 15) is 4.79 Å². The molecule has 0 bridgehead atoms. The van der Waals surface area contributed by atoms with E-state index in [-0.39, 0.29) is 12.2 Å². The average molecular weight is 542 g/mol. The van der Waals surface area contributed by atoms with Crippen molar-refractivity contribution < 1.29 is 9.47 Å². The Morgan fingerprint density at radius 2 is 2.10 bits per heavy atom. The first kappa shape index (κ1) is 22.4. The Morgan fingerprint density at radius 1 is 1.26 bits per heavy atom. The topological polar surface area (TPSA) is 52.8 Å². The van der Waals surface area contributed by atoms with Gasteiger partial charge in [-0.15, -0.1) is 0 Å². The molecule has 0 amide bonds. The van der Waals surface area contributed by atoms with Crippen LogP contribution >= 0.6 is 50.5 Å². The molecular weight excluding hydrogens is 523 g/mol. The molecule has 0 radical (unpaired) electrons. The zero-order valence-electron chi connectivity index (χ0n) is 16.7. The predicted octanol–water partition coefficient (Wildman–Crippen LogP) is 4.81. The Hall–Kier alpha value is -1.80. The molecule has 162 valence electrons. The average Bonchev–Trinajstić information content (AvgIpc) is 3.04. The second-order valence-corrected chi connectivity index (χ2v) is 9.58. The van der Waals surface area contributed by atoms with Gasteiger partial charge in [-0.25, -0.2) is 0 Å². The molecule has 0 fully saturated rings. The van der Waals surface area contributed by atoms with Crippen molar-refractivity contribution in [3.63, 3.8) is 0 Å². The van der Waals surface area contributed by atoms with Crippen LogP contribution in [0.2, 0.25) is 10.0 Å². The molecule has 3 aromatic rings. The van der Waals surface area contributed by atoms with Crippen molar-refractivity contribution in [1.82, 2.24) is 4.57 Å². The molecule has 5 nitrogen and oxygen atoms in total. The van der Waals surface area contributed by atoms with Crippen molar-refractivity contribution in [3.05, 3.63) is 75.7 Å². The Labute approximate surface area is 201 Å². The molecule has 9 heteroatoms. The van der Waals surface area contributed by atoms with E-state index in [2.05, 4.69) is 20.9 Å². The van der Waals surface area contributed by atoms with Crippen LogP contribution in [0.4, 0.5) is 0 Å². The summed E-state index contributed by atoms with van der Waals surface area (Å²) in [4.78, 5) is 17.9. The van der Waals surface area contributed by atoms with Gasteiger partial charge in [0.2, 0.25) is 0 Å². The highest BCUT2D eigenvalue weighted by Gasteiger charge is 2.14. The number of thiazole rings is 1. The van der Waals surface area contributed by atoms with E-state index in [1.807, 2.05) is 31.2 Å². The van der Waals surface area contributed by atoms with Crippen LogP contribution in [0, 0.1) is 0 Å². The molecule has 0 saturated carbocycles. The minimum Gasteiger partial charge on any atom is -0.490 e. The van der Waals surface area contributed by atoms with Gasteiger partial charge in [0, 0.05) is 28.7 Å². The van der Waals surface area contributed by atoms with Crippen molar-refractivity contribution in [2.75, 3.05) is 13.2 Å². The summed E-state index contributed by atoms with van der Waals surface area (Å²) in [5, 5.41) is 1.11. The lowest BCUT2D eigenvalue weighted by Crippen LogP contribution is -2.33. The van der Waals surface area contributed by atoms with Gasteiger partial charge in [0.25, 0.3) is 5.56 Å². The van der Waals surface area contributed by atoms with Gasteiger partial charge in [-0.2, -0.15) is 0 Å². The lowest BCUT2D eigenvalue weighted by Gasteiger charge is -2.15. The number of rotatable bonds is 6. The maximum absolute atomic E-state index is 12.7. The lowest BCUT2D eigenvalue weighted by atomic mass is 10.2. The fourth-order valence-electron chi connectivity index (χ4n) is 3.24. The second-order valence-electron chi connectivity index (χ2n) is 6.87. The molecule has 0 spiro atoms. The molecule has 0 saturated heterocycles. The summed E-state index contributed by atoms with van der Waals surface area (Å²) in [6.45, 7) is 4.13. The van der Waals surface area contributed by atoms with Gasteiger partial charge in [-0.1, -0.05) is 40.6 Å². The highest BCUT2D eigenvalue weighted by Crippen LogP contribution is 2.38. The zero-order chi connectivity index (χ0) is 22.0. The first-order valence-corrected chi connectivity index (χ1v) is 12.1. The molecule has 0 unspecified atom stereocenters. The molecule has 1 aliphatic rings. The van der Waals surface area contributed by atoms with Gasteiger partial charge in [0.05, 0.1) is 15.6 Å². The molecule has 0 atom stereocenters. The highest BCUT2D eigenvalue weighted by molar-refractivity contribution is 9.10. The van der Waals surface area contributed by atoms with E-state index >= 15 is 0 Å². The molecule has 0 aliphatic carbocycles. The van der Waals surface area contributed by atoms with Crippen LogP contribution in [0.25, 0.3) is 6.08 Å². The number of ether oxygens (including phenoxy) is 2. The standard InChI is InChI=1S/C22H19BrCl2N2O3S/c1-2-29-18-9-13(10-19-21(28)27-7-3-6-26-22(27)31-19)8-16(23)20(18)30-12-14-4-5-15(24)11-17(14)25/h4-5,8-11H,2-3,6-7,12H2,1H3/b19-10-. The van der Waals surface area contributed by atoms with Gasteiger partial charge in [0.15, 0.2) is 16.3 Å². The second kappa shape index (κ2) is 9.77. The first-order valence-electron chi connectivity index (χ1n) is 9.75. The Bertz CT molecular complexity index is 1300. The molecule has 1 aliphatic heterocycles. The maximum atomic E-state index is 12.7. The predicted molar refractivity (Wildman–Crippen MR) is 129 cm³/mol. The summed E-state index contributed by atoms with van der Waals surface area (Å²) >= 11 is 17.2. The Balaban J connectivity index is 1.68. The first-order chi connectivity index (χ1) is 15.0. The van der Waals surface area contributed by atoms with Crippen LogP contribution in [0.5, 0.6) is 11.5 Å². The van der Waals surface area contributed by atoms with E-state index in [1.165, 1.54) is 11.3 Å². The summed E-state index contributed by atoms with van der Waals surface area (Å²) in [5.41, 5.74) is 1.65. The van der Waals surface area contributed by atoms with Gasteiger partial charge in [-0.3, -0.25) is 14.4 Å². The number of aromatic nitrogens is 1. The molecule has 2 heterocycles. The fraction of sp³-hybridized carbons (Fsp3) is 0.273. The van der Waals surface area contributed by atoms with Gasteiger partial charge in [0.1, 0.15) is 6.61 Å². The van der Waals surface area contributed by atoms with Gasteiger partial charge < -0.3 is 9.47 Å². The van der Waals surface area contributed by atoms with Crippen molar-refractivity contribution >= 4 is 56.5 Å². The van der Waals surface area contributed by atoms with Crippen LogP contribution in [0.1, 0.15) is 24.5 Å². The monoisotopic (exact) mass is 540 g/mol. The molecule has 1 aromatic heterocycles. The number of halogens is 3. The van der Waals surface area contributed by atoms with E-state index in [1.54, 1.807) is 16.7 Å². The van der Waals surface area contributed by atoms with Gasteiger partial charge in [-0.05, 0) is 65.2 Å². The third kappa shape index (κ3) is 5.00. The Morgan fingerprint density at radius 3 is 2.84 bits per heavy atom. The normalized spacial score (nSPS) is 13.6. The summed E-state index contributed by atoms with van der Waals surface area (Å²) in [5.74, 6) is 1.15. The Kier molecular flexibility index (Phi) is 7.06. The van der Waals surface area contributed by atoms with Crippen LogP contribution in [-0.2, 0) is 13.2 Å². The molecule has 2 aromatic carbocycles. The minimum absolute atomic E-state index is 0.00441. The van der Waals surface area contributed by atoms with E-state index < -0.39 is 0 Å². The third-order valence-corrected chi connectivity index (χ3v) is 6.91. The largest absolute Gasteiger partial charge is 0.490 e. The SMILES string of the molecule is CCOc1cc(/C=c2\sc3n(c2=O)CCCN=3)cc(Br)c1OCc1ccc(Cl)cc1Cl. The van der Waals surface area contributed by atoms with Crippen LogP contribution in [0.3, 0.4) is 0 Å². The molecule has 0 N–H and O–H groups in total. The van der Waals surface area contributed by atoms with Crippen LogP contribution in [-0.4, -0.2) is 17.7 Å². The molecular formula is C22H19BrCl2N2O3S. The van der Waals surface area contributed by atoms with Crippen LogP contribution in [0.15, 0.2) is 44.6 Å². The fourth-order valence-corrected chi connectivity index (χ4v) is 5.31. The summed E-state index contributed by atoms with van der Waals surface area (Å²) in [6, 6.07) is 9.06.